The molecule has 3 N–H and O–H groups in total. The number of carbonyl (C=O) groups is 2. The zero-order valence-electron chi connectivity index (χ0n) is 10.9. The van der Waals surface area contributed by atoms with Gasteiger partial charge in [0.15, 0.2) is 0 Å². The number of nitrogens with two attached hydrogens (primary N) is 1. The van der Waals surface area contributed by atoms with Crippen LogP contribution in [0.2, 0.25) is 5.02 Å². The fourth-order valence-corrected chi connectivity index (χ4v) is 3.38. The molecule has 2 unspecified atom stereocenters. The van der Waals surface area contributed by atoms with Gasteiger partial charge >= 0.3 is 0 Å². The SMILES string of the molecule is Nc1cccc(Cl)c1C(=O)N1CCCC2C(=O)NCC21. The average Bonchev–Trinajstić information content (AvgIpc) is 2.80. The summed E-state index contributed by atoms with van der Waals surface area (Å²) in [7, 11) is 0. The molecule has 0 aromatic heterocycles. The van der Waals surface area contributed by atoms with Crippen LogP contribution >= 0.6 is 11.6 Å². The van der Waals surface area contributed by atoms with E-state index in [1.165, 1.54) is 0 Å². The number of hydrogen-bond donors (Lipinski definition) is 2. The van der Waals surface area contributed by atoms with E-state index in [2.05, 4.69) is 5.32 Å². The monoisotopic (exact) mass is 293 g/mol. The van der Waals surface area contributed by atoms with Gasteiger partial charge in [-0.2, -0.15) is 0 Å². The van der Waals surface area contributed by atoms with Gasteiger partial charge in [0.25, 0.3) is 5.91 Å². The lowest BCUT2D eigenvalue weighted by molar-refractivity contribution is -0.123. The van der Waals surface area contributed by atoms with E-state index in [1.54, 1.807) is 23.1 Å². The van der Waals surface area contributed by atoms with Crippen LogP contribution in [0.3, 0.4) is 0 Å². The Morgan fingerprint density at radius 3 is 3.00 bits per heavy atom. The molecule has 2 heterocycles. The van der Waals surface area contributed by atoms with Crippen LogP contribution in [0, 0.1) is 5.92 Å². The van der Waals surface area contributed by atoms with Crippen LogP contribution in [0.1, 0.15) is 23.2 Å². The molecule has 5 nitrogen and oxygen atoms in total. The van der Waals surface area contributed by atoms with Gasteiger partial charge < -0.3 is 16.0 Å². The minimum absolute atomic E-state index is 0.0413. The smallest absolute Gasteiger partial charge is 0.257 e. The van der Waals surface area contributed by atoms with Gasteiger partial charge in [-0.3, -0.25) is 9.59 Å². The lowest BCUT2D eigenvalue weighted by Crippen LogP contribution is -2.48. The van der Waals surface area contributed by atoms with Crippen LogP contribution < -0.4 is 11.1 Å². The minimum atomic E-state index is -0.181. The van der Waals surface area contributed by atoms with E-state index < -0.39 is 0 Å². The van der Waals surface area contributed by atoms with Gasteiger partial charge in [-0.25, -0.2) is 0 Å². The predicted molar refractivity (Wildman–Crippen MR) is 76.4 cm³/mol. The van der Waals surface area contributed by atoms with Crippen molar-refractivity contribution in [3.8, 4) is 0 Å². The summed E-state index contributed by atoms with van der Waals surface area (Å²) >= 11 is 6.11. The Bertz CT molecular complexity index is 555. The molecule has 20 heavy (non-hydrogen) atoms. The fraction of sp³-hybridized carbons (Fsp3) is 0.429. The topological polar surface area (TPSA) is 75.4 Å². The zero-order valence-corrected chi connectivity index (χ0v) is 11.7. The van der Waals surface area contributed by atoms with Gasteiger partial charge in [-0.05, 0) is 25.0 Å². The number of anilines is 1. The summed E-state index contributed by atoms with van der Waals surface area (Å²) in [6, 6.07) is 4.96. The maximum absolute atomic E-state index is 12.7. The van der Waals surface area contributed by atoms with Crippen molar-refractivity contribution < 1.29 is 9.59 Å². The number of nitrogens with one attached hydrogen (secondary N) is 1. The molecule has 0 saturated carbocycles. The highest BCUT2D eigenvalue weighted by atomic mass is 35.5. The summed E-state index contributed by atoms with van der Waals surface area (Å²) in [6.07, 6.45) is 1.66. The van der Waals surface area contributed by atoms with Crippen molar-refractivity contribution in [1.82, 2.24) is 10.2 Å². The molecule has 2 fully saturated rings. The third kappa shape index (κ3) is 2.02. The Morgan fingerprint density at radius 1 is 1.45 bits per heavy atom. The van der Waals surface area contributed by atoms with Gasteiger partial charge in [0.2, 0.25) is 5.91 Å². The number of hydrogen-bond acceptors (Lipinski definition) is 3. The summed E-state index contributed by atoms with van der Waals surface area (Å²) in [5, 5.41) is 3.19. The predicted octanol–water partition coefficient (Wildman–Crippen LogP) is 1.27. The number of piperidine rings is 1. The molecule has 2 atom stereocenters. The van der Waals surface area contributed by atoms with Gasteiger partial charge in [-0.1, -0.05) is 17.7 Å². The first-order valence-corrected chi connectivity index (χ1v) is 7.10. The number of nitrogens with zero attached hydrogens (tertiary/aromatic N) is 1. The molecule has 2 saturated heterocycles. The van der Waals surface area contributed by atoms with Crippen LogP contribution in [0.5, 0.6) is 0 Å². The number of rotatable bonds is 1. The van der Waals surface area contributed by atoms with Gasteiger partial charge in [-0.15, -0.1) is 0 Å². The first kappa shape index (κ1) is 13.2. The number of benzene rings is 1. The molecular weight excluding hydrogens is 278 g/mol. The quantitative estimate of drug-likeness (QED) is 0.766. The Morgan fingerprint density at radius 2 is 2.25 bits per heavy atom. The summed E-state index contributed by atoms with van der Waals surface area (Å²) in [5.74, 6) is -0.240. The summed E-state index contributed by atoms with van der Waals surface area (Å²) in [4.78, 5) is 26.2. The maximum atomic E-state index is 12.7. The van der Waals surface area contributed by atoms with Crippen LogP contribution in [0.4, 0.5) is 5.69 Å². The summed E-state index contributed by atoms with van der Waals surface area (Å²) in [5.41, 5.74) is 6.60. The molecule has 2 amide bonds. The second kappa shape index (κ2) is 4.98. The van der Waals surface area contributed by atoms with Crippen molar-refractivity contribution in [3.05, 3.63) is 28.8 Å². The second-order valence-electron chi connectivity index (χ2n) is 5.26. The molecule has 2 aliphatic rings. The van der Waals surface area contributed by atoms with Crippen LogP contribution in [-0.2, 0) is 4.79 Å². The minimum Gasteiger partial charge on any atom is -0.398 e. The van der Waals surface area contributed by atoms with E-state index in [0.29, 0.717) is 29.4 Å². The van der Waals surface area contributed by atoms with Crippen LogP contribution in [-0.4, -0.2) is 35.8 Å². The highest BCUT2D eigenvalue weighted by molar-refractivity contribution is 6.34. The van der Waals surface area contributed by atoms with Gasteiger partial charge in [0.1, 0.15) is 0 Å². The lowest BCUT2D eigenvalue weighted by Gasteiger charge is -2.36. The number of carbonyl (C=O) groups excluding carboxylic acids is 2. The van der Waals surface area contributed by atoms with E-state index in [-0.39, 0.29) is 23.8 Å². The number of fused-ring (bicyclic) bond motifs is 1. The van der Waals surface area contributed by atoms with Crippen molar-refractivity contribution in [2.24, 2.45) is 5.92 Å². The molecule has 0 spiro atoms. The van der Waals surface area contributed by atoms with E-state index in [1.807, 2.05) is 0 Å². The number of nitrogen functional groups attached to an aromatic ring is 1. The summed E-state index contributed by atoms with van der Waals surface area (Å²) < 4.78 is 0. The number of amides is 2. The molecular formula is C14H16ClN3O2. The average molecular weight is 294 g/mol. The molecule has 1 aromatic rings. The van der Waals surface area contributed by atoms with Crippen LogP contribution in [0.15, 0.2) is 18.2 Å². The van der Waals surface area contributed by atoms with Gasteiger partial charge in [0, 0.05) is 18.8 Å². The lowest BCUT2D eigenvalue weighted by atomic mass is 9.91. The van der Waals surface area contributed by atoms with E-state index in [9.17, 15) is 9.59 Å². The fourth-order valence-electron chi connectivity index (χ4n) is 3.11. The van der Waals surface area contributed by atoms with E-state index in [0.717, 1.165) is 12.8 Å². The van der Waals surface area contributed by atoms with Crippen molar-refractivity contribution >= 4 is 29.1 Å². The molecule has 0 aliphatic carbocycles. The maximum Gasteiger partial charge on any atom is 0.257 e. The first-order valence-electron chi connectivity index (χ1n) is 6.72. The largest absolute Gasteiger partial charge is 0.398 e. The van der Waals surface area contributed by atoms with E-state index in [4.69, 9.17) is 17.3 Å². The Labute approximate surface area is 122 Å². The van der Waals surface area contributed by atoms with Crippen LogP contribution in [0.25, 0.3) is 0 Å². The highest BCUT2D eigenvalue weighted by Crippen LogP contribution is 2.31. The molecule has 0 radical (unpaired) electrons. The number of likely N-dealkylation sites (tertiary alicyclic amines) is 1. The van der Waals surface area contributed by atoms with Crippen molar-refractivity contribution in [2.75, 3.05) is 18.8 Å². The molecule has 3 rings (SSSR count). The Kier molecular flexibility index (Phi) is 3.30. The molecule has 106 valence electrons. The zero-order chi connectivity index (χ0) is 14.3. The third-order valence-electron chi connectivity index (χ3n) is 4.12. The van der Waals surface area contributed by atoms with Crippen molar-refractivity contribution in [1.29, 1.82) is 0 Å². The summed E-state index contributed by atoms with van der Waals surface area (Å²) in [6.45, 7) is 1.15. The Balaban J connectivity index is 1.92. The number of halogens is 1. The Hall–Kier alpha value is -1.75. The molecule has 2 aliphatic heterocycles. The van der Waals surface area contributed by atoms with Crippen molar-refractivity contribution in [3.63, 3.8) is 0 Å². The van der Waals surface area contributed by atoms with E-state index >= 15 is 0 Å². The second-order valence-corrected chi connectivity index (χ2v) is 5.67. The standard InChI is InChI=1S/C14H16ClN3O2/c15-9-4-1-5-10(16)12(9)14(20)18-6-2-3-8-11(18)7-17-13(8)19/h1,4-5,8,11H,2-3,6-7,16H2,(H,17,19). The van der Waals surface area contributed by atoms with Crippen molar-refractivity contribution in [2.45, 2.75) is 18.9 Å². The molecule has 0 bridgehead atoms. The normalized spacial score (nSPS) is 25.2. The van der Waals surface area contributed by atoms with Gasteiger partial charge in [0.05, 0.1) is 22.5 Å². The first-order chi connectivity index (χ1) is 9.59. The highest BCUT2D eigenvalue weighted by Gasteiger charge is 2.43. The molecule has 1 aromatic carbocycles. The third-order valence-corrected chi connectivity index (χ3v) is 4.44. The molecule has 6 heteroatoms.